The van der Waals surface area contributed by atoms with E-state index in [4.69, 9.17) is 5.73 Å². The number of benzene rings is 1. The zero-order valence-electron chi connectivity index (χ0n) is 12.3. The van der Waals surface area contributed by atoms with Gasteiger partial charge < -0.3 is 5.73 Å². The number of aryl methyl sites for hydroxylation is 2. The Labute approximate surface area is 121 Å². The summed E-state index contributed by atoms with van der Waals surface area (Å²) >= 11 is 0. The molecule has 2 rings (SSSR count). The molecule has 0 spiro atoms. The Kier molecular flexibility index (Phi) is 4.58. The second-order valence-electron chi connectivity index (χ2n) is 5.91. The molecule has 3 N–H and O–H groups in total. The van der Waals surface area contributed by atoms with Crippen LogP contribution >= 0.6 is 0 Å². The lowest BCUT2D eigenvalue weighted by molar-refractivity contribution is 0.385. The van der Waals surface area contributed by atoms with Crippen molar-refractivity contribution in [3.63, 3.8) is 0 Å². The van der Waals surface area contributed by atoms with Crippen LogP contribution in [0.1, 0.15) is 43.2 Å². The van der Waals surface area contributed by atoms with Crippen molar-refractivity contribution in [3.8, 4) is 0 Å². The highest BCUT2D eigenvalue weighted by molar-refractivity contribution is 7.92. The average Bonchev–Trinajstić information content (AvgIpc) is 2.36. The molecule has 0 heterocycles. The van der Waals surface area contributed by atoms with Gasteiger partial charge in [0.25, 0.3) is 0 Å². The van der Waals surface area contributed by atoms with Gasteiger partial charge >= 0.3 is 0 Å². The summed E-state index contributed by atoms with van der Waals surface area (Å²) in [6.07, 6.45) is 5.58. The molecule has 1 fully saturated rings. The van der Waals surface area contributed by atoms with Crippen LogP contribution in [-0.4, -0.2) is 14.2 Å². The summed E-state index contributed by atoms with van der Waals surface area (Å²) in [5.41, 5.74) is 8.95. The van der Waals surface area contributed by atoms with Crippen LogP contribution in [0.3, 0.4) is 0 Å². The molecule has 0 radical (unpaired) electrons. The van der Waals surface area contributed by atoms with Crippen LogP contribution in [0.4, 0.5) is 11.4 Å². The van der Waals surface area contributed by atoms with E-state index in [2.05, 4.69) is 4.72 Å². The number of hydrogen-bond acceptors (Lipinski definition) is 3. The van der Waals surface area contributed by atoms with Gasteiger partial charge in [-0.3, -0.25) is 4.72 Å². The number of nitrogens with two attached hydrogens (primary N) is 1. The van der Waals surface area contributed by atoms with E-state index in [1.54, 1.807) is 6.07 Å². The van der Waals surface area contributed by atoms with E-state index in [9.17, 15) is 8.42 Å². The number of sulfonamides is 1. The molecule has 1 aromatic carbocycles. The first-order chi connectivity index (χ1) is 9.37. The van der Waals surface area contributed by atoms with Crippen molar-refractivity contribution >= 4 is 21.4 Å². The molecule has 20 heavy (non-hydrogen) atoms. The Morgan fingerprint density at radius 1 is 1.15 bits per heavy atom. The van der Waals surface area contributed by atoms with E-state index in [1.165, 1.54) is 6.42 Å². The first-order valence-electron chi connectivity index (χ1n) is 7.24. The standard InChI is InChI=1S/C15H24N2O2S/c1-11-8-12(2)15(9-14(11)16)17-20(18,19)10-13-6-4-3-5-7-13/h8-9,13,17H,3-7,10,16H2,1-2H3. The van der Waals surface area contributed by atoms with Crippen LogP contribution in [0.2, 0.25) is 0 Å². The summed E-state index contributed by atoms with van der Waals surface area (Å²) in [7, 11) is -3.29. The maximum absolute atomic E-state index is 12.3. The van der Waals surface area contributed by atoms with E-state index in [-0.39, 0.29) is 5.75 Å². The van der Waals surface area contributed by atoms with E-state index in [0.29, 0.717) is 17.3 Å². The lowest BCUT2D eigenvalue weighted by Crippen LogP contribution is -2.24. The van der Waals surface area contributed by atoms with Gasteiger partial charge in [-0.25, -0.2) is 8.42 Å². The Bertz CT molecular complexity index is 576. The third-order valence-electron chi connectivity index (χ3n) is 4.06. The maximum Gasteiger partial charge on any atom is 0.233 e. The van der Waals surface area contributed by atoms with E-state index in [1.807, 2.05) is 19.9 Å². The molecule has 1 aliphatic carbocycles. The SMILES string of the molecule is Cc1cc(C)c(NS(=O)(=O)CC2CCCCC2)cc1N. The molecule has 112 valence electrons. The van der Waals surface area contributed by atoms with Gasteiger partial charge in [0.1, 0.15) is 0 Å². The minimum absolute atomic E-state index is 0.222. The Morgan fingerprint density at radius 3 is 2.45 bits per heavy atom. The van der Waals surface area contributed by atoms with Crippen LogP contribution in [0.15, 0.2) is 12.1 Å². The van der Waals surface area contributed by atoms with Gasteiger partial charge in [-0.05, 0) is 49.8 Å². The van der Waals surface area contributed by atoms with Crippen molar-refractivity contribution in [1.29, 1.82) is 0 Å². The van der Waals surface area contributed by atoms with E-state index >= 15 is 0 Å². The second kappa shape index (κ2) is 6.04. The average molecular weight is 296 g/mol. The number of anilines is 2. The van der Waals surface area contributed by atoms with Crippen molar-refractivity contribution in [3.05, 3.63) is 23.3 Å². The fourth-order valence-corrected chi connectivity index (χ4v) is 4.44. The summed E-state index contributed by atoms with van der Waals surface area (Å²) in [5.74, 6) is 0.518. The highest BCUT2D eigenvalue weighted by Crippen LogP contribution is 2.27. The number of hydrogen-bond donors (Lipinski definition) is 2. The first-order valence-corrected chi connectivity index (χ1v) is 8.90. The lowest BCUT2D eigenvalue weighted by Gasteiger charge is -2.22. The molecule has 1 aliphatic rings. The van der Waals surface area contributed by atoms with Gasteiger partial charge in [0.2, 0.25) is 10.0 Å². The number of nitrogens with one attached hydrogen (secondary N) is 1. The molecule has 1 saturated carbocycles. The zero-order chi connectivity index (χ0) is 14.8. The molecular formula is C15H24N2O2S. The van der Waals surface area contributed by atoms with Gasteiger partial charge in [-0.2, -0.15) is 0 Å². The normalized spacial score (nSPS) is 17.1. The third-order valence-corrected chi connectivity index (χ3v) is 5.50. The molecule has 0 amide bonds. The minimum atomic E-state index is -3.29. The number of rotatable bonds is 4. The fraction of sp³-hybridized carbons (Fsp3) is 0.600. The van der Waals surface area contributed by atoms with Crippen LogP contribution < -0.4 is 10.5 Å². The molecule has 0 unspecified atom stereocenters. The predicted molar refractivity (Wildman–Crippen MR) is 84.3 cm³/mol. The first kappa shape index (κ1) is 15.2. The molecule has 0 bridgehead atoms. The predicted octanol–water partition coefficient (Wildman–Crippen LogP) is 3.21. The topological polar surface area (TPSA) is 72.2 Å². The largest absolute Gasteiger partial charge is 0.398 e. The summed E-state index contributed by atoms with van der Waals surface area (Å²) in [4.78, 5) is 0. The molecular weight excluding hydrogens is 272 g/mol. The quantitative estimate of drug-likeness (QED) is 0.838. The van der Waals surface area contributed by atoms with Crippen LogP contribution in [-0.2, 0) is 10.0 Å². The van der Waals surface area contributed by atoms with Gasteiger partial charge in [0.05, 0.1) is 11.4 Å². The summed E-state index contributed by atoms with van der Waals surface area (Å²) in [5, 5.41) is 0. The van der Waals surface area contributed by atoms with Crippen molar-refractivity contribution in [1.82, 2.24) is 0 Å². The molecule has 1 aromatic rings. The van der Waals surface area contributed by atoms with Crippen molar-refractivity contribution in [2.45, 2.75) is 46.0 Å². The highest BCUT2D eigenvalue weighted by Gasteiger charge is 2.21. The van der Waals surface area contributed by atoms with Crippen LogP contribution in [0.5, 0.6) is 0 Å². The summed E-state index contributed by atoms with van der Waals surface area (Å²) in [6, 6.07) is 3.62. The second-order valence-corrected chi connectivity index (χ2v) is 7.68. The maximum atomic E-state index is 12.3. The van der Waals surface area contributed by atoms with Crippen molar-refractivity contribution < 1.29 is 8.42 Å². The van der Waals surface area contributed by atoms with Crippen LogP contribution in [0.25, 0.3) is 0 Å². The third kappa shape index (κ3) is 3.88. The van der Waals surface area contributed by atoms with Crippen LogP contribution in [0, 0.1) is 19.8 Å². The fourth-order valence-electron chi connectivity index (χ4n) is 2.85. The smallest absolute Gasteiger partial charge is 0.233 e. The molecule has 0 aliphatic heterocycles. The van der Waals surface area contributed by atoms with Gasteiger partial charge in [0.15, 0.2) is 0 Å². The van der Waals surface area contributed by atoms with Gasteiger partial charge in [-0.1, -0.05) is 25.3 Å². The molecule has 0 aromatic heterocycles. The molecule has 0 atom stereocenters. The Morgan fingerprint density at radius 2 is 1.80 bits per heavy atom. The minimum Gasteiger partial charge on any atom is -0.398 e. The highest BCUT2D eigenvalue weighted by atomic mass is 32.2. The summed E-state index contributed by atoms with van der Waals surface area (Å²) < 4.78 is 27.2. The monoisotopic (exact) mass is 296 g/mol. The van der Waals surface area contributed by atoms with E-state index in [0.717, 1.165) is 36.8 Å². The molecule has 5 heteroatoms. The van der Waals surface area contributed by atoms with Crippen molar-refractivity contribution in [2.24, 2.45) is 5.92 Å². The molecule has 4 nitrogen and oxygen atoms in total. The Hall–Kier alpha value is -1.23. The lowest BCUT2D eigenvalue weighted by atomic mass is 9.91. The molecule has 0 saturated heterocycles. The summed E-state index contributed by atoms with van der Waals surface area (Å²) in [6.45, 7) is 3.81. The zero-order valence-corrected chi connectivity index (χ0v) is 13.1. The van der Waals surface area contributed by atoms with Crippen molar-refractivity contribution in [2.75, 3.05) is 16.2 Å². The van der Waals surface area contributed by atoms with Gasteiger partial charge in [0, 0.05) is 5.69 Å². The van der Waals surface area contributed by atoms with E-state index < -0.39 is 10.0 Å². The Balaban J connectivity index is 2.09. The van der Waals surface area contributed by atoms with Gasteiger partial charge in [-0.15, -0.1) is 0 Å². The number of nitrogen functional groups attached to an aromatic ring is 1.